The van der Waals surface area contributed by atoms with Crippen molar-refractivity contribution in [2.75, 3.05) is 6.61 Å². The van der Waals surface area contributed by atoms with Gasteiger partial charge in [0.15, 0.2) is 5.65 Å². The van der Waals surface area contributed by atoms with Gasteiger partial charge in [0.25, 0.3) is 5.56 Å². The normalized spacial score (nSPS) is 11.4. The maximum absolute atomic E-state index is 12.8. The van der Waals surface area contributed by atoms with Crippen LogP contribution in [0.3, 0.4) is 0 Å². The number of aromatic amines is 1. The molecule has 2 heterocycles. The number of benzene rings is 1. The largest absolute Gasteiger partial charge is 0.493 e. The molecule has 152 valence electrons. The minimum Gasteiger partial charge on any atom is -0.493 e. The van der Waals surface area contributed by atoms with E-state index in [-0.39, 0.29) is 5.56 Å². The van der Waals surface area contributed by atoms with E-state index < -0.39 is 5.97 Å². The third-order valence-electron chi connectivity index (χ3n) is 4.35. The molecule has 3 aromatic rings. The SMILES string of the molecule is CCCOc1ccc(C=CC(=O)O)cc1-c1nc2c(c(C)nn2CCC)c(=O)[nH]1. The summed E-state index contributed by atoms with van der Waals surface area (Å²) in [7, 11) is 0. The number of carboxylic acid groups (broad SMARTS) is 1. The quantitative estimate of drug-likeness (QED) is 0.565. The highest BCUT2D eigenvalue weighted by Crippen LogP contribution is 2.30. The molecule has 0 unspecified atom stereocenters. The number of nitrogens with one attached hydrogen (secondary N) is 1. The molecule has 2 N–H and O–H groups in total. The van der Waals surface area contributed by atoms with E-state index in [1.54, 1.807) is 29.8 Å². The molecule has 0 saturated carbocycles. The van der Waals surface area contributed by atoms with E-state index in [1.165, 1.54) is 6.08 Å². The van der Waals surface area contributed by atoms with Gasteiger partial charge in [-0.3, -0.25) is 4.79 Å². The van der Waals surface area contributed by atoms with Gasteiger partial charge in [-0.15, -0.1) is 0 Å². The fourth-order valence-corrected chi connectivity index (χ4v) is 3.09. The molecule has 3 rings (SSSR count). The summed E-state index contributed by atoms with van der Waals surface area (Å²) in [5, 5.41) is 13.8. The zero-order valence-corrected chi connectivity index (χ0v) is 16.7. The van der Waals surface area contributed by atoms with Crippen LogP contribution in [0, 0.1) is 6.92 Å². The van der Waals surface area contributed by atoms with Gasteiger partial charge in [0, 0.05) is 12.6 Å². The molecule has 0 spiro atoms. The molecule has 1 aromatic carbocycles. The Bertz CT molecular complexity index is 1130. The molecular weight excluding hydrogens is 372 g/mol. The third kappa shape index (κ3) is 4.37. The van der Waals surface area contributed by atoms with E-state index in [2.05, 4.69) is 15.1 Å². The highest BCUT2D eigenvalue weighted by atomic mass is 16.5. The number of rotatable bonds is 8. The second kappa shape index (κ2) is 8.72. The molecule has 2 aromatic heterocycles. The fraction of sp³-hybridized carbons (Fsp3) is 0.333. The van der Waals surface area contributed by atoms with Crippen LogP contribution in [0.25, 0.3) is 28.5 Å². The number of hydrogen-bond donors (Lipinski definition) is 2. The van der Waals surface area contributed by atoms with Crippen molar-refractivity contribution in [2.45, 2.75) is 40.2 Å². The molecule has 0 aliphatic rings. The summed E-state index contributed by atoms with van der Waals surface area (Å²) >= 11 is 0. The first-order valence-electron chi connectivity index (χ1n) is 9.60. The lowest BCUT2D eigenvalue weighted by molar-refractivity contribution is -0.131. The zero-order chi connectivity index (χ0) is 21.0. The predicted molar refractivity (Wildman–Crippen MR) is 111 cm³/mol. The molecule has 0 fully saturated rings. The number of ether oxygens (including phenoxy) is 1. The van der Waals surface area contributed by atoms with E-state index in [1.807, 2.05) is 13.8 Å². The summed E-state index contributed by atoms with van der Waals surface area (Å²) in [6.07, 6.45) is 4.23. The van der Waals surface area contributed by atoms with Gasteiger partial charge in [-0.2, -0.15) is 5.10 Å². The highest BCUT2D eigenvalue weighted by Gasteiger charge is 2.17. The van der Waals surface area contributed by atoms with Crippen molar-refractivity contribution in [3.63, 3.8) is 0 Å². The van der Waals surface area contributed by atoms with Crippen LogP contribution >= 0.6 is 0 Å². The lowest BCUT2D eigenvalue weighted by atomic mass is 10.1. The predicted octanol–water partition coefficient (Wildman–Crippen LogP) is 3.39. The summed E-state index contributed by atoms with van der Waals surface area (Å²) in [6.45, 7) is 6.99. The first-order valence-corrected chi connectivity index (χ1v) is 9.60. The minimum absolute atomic E-state index is 0.266. The topological polar surface area (TPSA) is 110 Å². The monoisotopic (exact) mass is 396 g/mol. The molecule has 0 bridgehead atoms. The Morgan fingerprint density at radius 1 is 1.31 bits per heavy atom. The summed E-state index contributed by atoms with van der Waals surface area (Å²) in [5.74, 6) is -0.110. The molecule has 0 aliphatic carbocycles. The lowest BCUT2D eigenvalue weighted by Gasteiger charge is -2.12. The van der Waals surface area contributed by atoms with Gasteiger partial charge in [-0.05, 0) is 43.5 Å². The number of H-pyrrole nitrogens is 1. The molecule has 0 atom stereocenters. The number of fused-ring (bicyclic) bond motifs is 1. The maximum Gasteiger partial charge on any atom is 0.328 e. The van der Waals surface area contributed by atoms with Crippen LogP contribution < -0.4 is 10.3 Å². The second-order valence-electron chi connectivity index (χ2n) is 6.70. The van der Waals surface area contributed by atoms with Crippen LogP contribution in [0.5, 0.6) is 5.75 Å². The third-order valence-corrected chi connectivity index (χ3v) is 4.35. The van der Waals surface area contributed by atoms with Crippen molar-refractivity contribution in [3.8, 4) is 17.1 Å². The van der Waals surface area contributed by atoms with Gasteiger partial charge in [0.05, 0.1) is 17.9 Å². The zero-order valence-electron chi connectivity index (χ0n) is 16.7. The number of nitrogens with zero attached hydrogens (tertiary/aromatic N) is 3. The molecular formula is C21H24N4O4. The number of carboxylic acids is 1. The fourth-order valence-electron chi connectivity index (χ4n) is 3.09. The molecule has 0 saturated heterocycles. The van der Waals surface area contributed by atoms with Gasteiger partial charge in [-0.25, -0.2) is 14.5 Å². The van der Waals surface area contributed by atoms with Crippen molar-refractivity contribution < 1.29 is 14.6 Å². The van der Waals surface area contributed by atoms with E-state index in [0.29, 0.717) is 52.6 Å². The first kappa shape index (κ1) is 20.3. The maximum atomic E-state index is 12.8. The second-order valence-corrected chi connectivity index (χ2v) is 6.70. The van der Waals surface area contributed by atoms with E-state index in [9.17, 15) is 9.59 Å². The summed E-state index contributed by atoms with van der Waals surface area (Å²) < 4.78 is 7.57. The first-order chi connectivity index (χ1) is 13.9. The number of aryl methyl sites for hydroxylation is 2. The van der Waals surface area contributed by atoms with E-state index >= 15 is 0 Å². The molecule has 8 heteroatoms. The molecule has 0 aliphatic heterocycles. The van der Waals surface area contributed by atoms with E-state index in [0.717, 1.165) is 18.9 Å². The number of hydrogen-bond acceptors (Lipinski definition) is 5. The number of aromatic nitrogens is 4. The summed E-state index contributed by atoms with van der Waals surface area (Å²) in [5.41, 5.74) is 2.14. The van der Waals surface area contributed by atoms with Gasteiger partial charge < -0.3 is 14.8 Å². The Hall–Kier alpha value is -3.42. The van der Waals surface area contributed by atoms with Crippen LogP contribution in [-0.2, 0) is 11.3 Å². The standard InChI is InChI=1S/C21H24N4O4/c1-4-10-25-20-18(13(3)24-25)21(28)23-19(22-20)15-12-14(7-9-17(26)27)6-8-16(15)29-11-5-2/h6-9,12H,4-5,10-11H2,1-3H3,(H,26,27)(H,22,23,28). The average Bonchev–Trinajstić information content (AvgIpc) is 3.01. The van der Waals surface area contributed by atoms with Crippen LogP contribution in [0.2, 0.25) is 0 Å². The van der Waals surface area contributed by atoms with Crippen molar-refractivity contribution in [1.29, 1.82) is 0 Å². The summed E-state index contributed by atoms with van der Waals surface area (Å²) in [6, 6.07) is 5.27. The minimum atomic E-state index is -1.04. The van der Waals surface area contributed by atoms with Crippen LogP contribution in [0.15, 0.2) is 29.1 Å². The van der Waals surface area contributed by atoms with Gasteiger partial charge in [-0.1, -0.05) is 19.9 Å². The highest BCUT2D eigenvalue weighted by molar-refractivity contribution is 5.86. The Balaban J connectivity index is 2.20. The lowest BCUT2D eigenvalue weighted by Crippen LogP contribution is -2.11. The molecule has 0 amide bonds. The number of aliphatic carboxylic acids is 1. The van der Waals surface area contributed by atoms with Crippen molar-refractivity contribution in [2.24, 2.45) is 0 Å². The van der Waals surface area contributed by atoms with E-state index in [4.69, 9.17) is 9.84 Å². The van der Waals surface area contributed by atoms with Crippen LogP contribution in [0.4, 0.5) is 0 Å². The van der Waals surface area contributed by atoms with Gasteiger partial charge in [0.2, 0.25) is 0 Å². The molecule has 29 heavy (non-hydrogen) atoms. The summed E-state index contributed by atoms with van der Waals surface area (Å²) in [4.78, 5) is 31.1. The number of carbonyl (C=O) groups is 1. The Labute approximate surface area is 167 Å². The van der Waals surface area contributed by atoms with Crippen molar-refractivity contribution >= 4 is 23.1 Å². The molecule has 8 nitrogen and oxygen atoms in total. The average molecular weight is 396 g/mol. The van der Waals surface area contributed by atoms with Crippen LogP contribution in [0.1, 0.15) is 37.9 Å². The molecule has 0 radical (unpaired) electrons. The Kier molecular flexibility index (Phi) is 6.11. The van der Waals surface area contributed by atoms with Gasteiger partial charge in [0.1, 0.15) is 17.0 Å². The smallest absolute Gasteiger partial charge is 0.328 e. The Morgan fingerprint density at radius 2 is 2.10 bits per heavy atom. The van der Waals surface area contributed by atoms with Crippen molar-refractivity contribution in [1.82, 2.24) is 19.7 Å². The Morgan fingerprint density at radius 3 is 2.79 bits per heavy atom. The van der Waals surface area contributed by atoms with Crippen LogP contribution in [-0.4, -0.2) is 37.4 Å². The van der Waals surface area contributed by atoms with Gasteiger partial charge >= 0.3 is 5.97 Å². The van der Waals surface area contributed by atoms with Crippen molar-refractivity contribution in [3.05, 3.63) is 45.9 Å².